The number of aromatic amines is 1. The summed E-state index contributed by atoms with van der Waals surface area (Å²) in [5.74, 6) is 2.73. The van der Waals surface area contributed by atoms with E-state index in [0.29, 0.717) is 29.7 Å². The van der Waals surface area contributed by atoms with Gasteiger partial charge in [0.2, 0.25) is 0 Å². The van der Waals surface area contributed by atoms with Gasteiger partial charge in [0.25, 0.3) is 11.4 Å². The molecule has 4 rings (SSSR count). The Hall–Kier alpha value is -5.53. The topological polar surface area (TPSA) is 220 Å². The van der Waals surface area contributed by atoms with Crippen molar-refractivity contribution in [2.75, 3.05) is 24.7 Å². The van der Waals surface area contributed by atoms with Crippen LogP contribution < -0.4 is 10.6 Å². The fraction of sp³-hybridized carbons (Fsp3) is 0.292. The fourth-order valence-electron chi connectivity index (χ4n) is 3.18. The molecule has 0 saturated carbocycles. The summed E-state index contributed by atoms with van der Waals surface area (Å²) >= 11 is 0. The zero-order chi connectivity index (χ0) is 30.0. The van der Waals surface area contributed by atoms with Gasteiger partial charge in [-0.1, -0.05) is 7.43 Å². The van der Waals surface area contributed by atoms with E-state index in [4.69, 9.17) is 14.5 Å². The third-order valence-corrected chi connectivity index (χ3v) is 4.80. The van der Waals surface area contributed by atoms with Gasteiger partial charge < -0.3 is 15.4 Å². The Bertz CT molecular complexity index is 1610. The Morgan fingerprint density at radius 3 is 2.07 bits per heavy atom. The summed E-state index contributed by atoms with van der Waals surface area (Å²) in [6.45, 7) is 5.25. The van der Waals surface area contributed by atoms with Crippen LogP contribution in [0.2, 0.25) is 0 Å². The molecule has 216 valence electrons. The van der Waals surface area contributed by atoms with Crippen molar-refractivity contribution in [3.63, 3.8) is 0 Å². The van der Waals surface area contributed by atoms with Crippen LogP contribution in [0.1, 0.15) is 28.2 Å². The zero-order valence-electron chi connectivity index (χ0n) is 22.1. The van der Waals surface area contributed by atoms with Gasteiger partial charge in [0.05, 0.1) is 31.7 Å². The first-order valence-corrected chi connectivity index (χ1v) is 11.3. The summed E-state index contributed by atoms with van der Waals surface area (Å²) in [4.78, 5) is 32.6. The number of H-pyrrole nitrogens is 1. The van der Waals surface area contributed by atoms with Crippen molar-refractivity contribution in [2.45, 2.75) is 33.8 Å². The molecule has 0 aliphatic heterocycles. The Morgan fingerprint density at radius 2 is 1.61 bits per heavy atom. The second-order valence-corrected chi connectivity index (χ2v) is 8.63. The van der Waals surface area contributed by atoms with E-state index in [0.717, 1.165) is 15.6 Å². The molecule has 0 aliphatic carbocycles. The molecule has 2 aromatic carbocycles. The SMILES string of the molecule is C.CNc1n[nH]c2ccc([N+](=O)[O-])cc12.CNc1nn(C(=O)OC(C)(C)C)c2ccc([N+](=O)[O-])cc12.O=BC#CO. The number of non-ortho nitro benzene ring substituents is 2. The first-order chi connectivity index (χ1) is 18.9. The Balaban J connectivity index is 0.000000362. The second kappa shape index (κ2) is 14.6. The summed E-state index contributed by atoms with van der Waals surface area (Å²) in [6, 6.07) is 8.75. The van der Waals surface area contributed by atoms with Crippen LogP contribution in [0.25, 0.3) is 21.8 Å². The molecule has 17 heteroatoms. The van der Waals surface area contributed by atoms with E-state index in [9.17, 15) is 25.0 Å². The number of nitrogens with zero attached hydrogens (tertiary/aromatic N) is 5. The molecule has 0 saturated heterocycles. The first kappa shape index (κ1) is 33.5. The summed E-state index contributed by atoms with van der Waals surface area (Å²) in [5, 5.41) is 46.5. The van der Waals surface area contributed by atoms with Gasteiger partial charge in [-0.2, -0.15) is 9.78 Å². The van der Waals surface area contributed by atoms with E-state index in [1.807, 2.05) is 0 Å². The van der Waals surface area contributed by atoms with Crippen LogP contribution in [0.15, 0.2) is 36.4 Å². The van der Waals surface area contributed by atoms with E-state index in [1.165, 1.54) is 36.4 Å². The molecule has 4 N–H and O–H groups in total. The predicted molar refractivity (Wildman–Crippen MR) is 153 cm³/mol. The van der Waals surface area contributed by atoms with E-state index in [1.54, 1.807) is 46.8 Å². The summed E-state index contributed by atoms with van der Waals surface area (Å²) in [7, 11) is 3.66. The third kappa shape index (κ3) is 8.75. The maximum absolute atomic E-state index is 12.1. The molecule has 16 nitrogen and oxygen atoms in total. The van der Waals surface area contributed by atoms with Gasteiger partial charge in [-0.15, -0.1) is 5.10 Å². The van der Waals surface area contributed by atoms with Crippen molar-refractivity contribution in [1.82, 2.24) is 20.0 Å². The van der Waals surface area contributed by atoms with Crippen molar-refractivity contribution < 1.29 is 29.2 Å². The van der Waals surface area contributed by atoms with Gasteiger partial charge in [-0.25, -0.2) is 4.79 Å². The van der Waals surface area contributed by atoms with Crippen molar-refractivity contribution >= 4 is 58.1 Å². The Kier molecular flexibility index (Phi) is 11.9. The number of benzene rings is 2. The number of aliphatic hydroxyl groups is 1. The summed E-state index contributed by atoms with van der Waals surface area (Å²) in [5.41, 5.74) is 0.563. The van der Waals surface area contributed by atoms with Crippen molar-refractivity contribution in [2.24, 2.45) is 0 Å². The molecular formula is C24H29BN8O8. The van der Waals surface area contributed by atoms with Crippen LogP contribution in [0.5, 0.6) is 0 Å². The number of hydrogen-bond donors (Lipinski definition) is 4. The van der Waals surface area contributed by atoms with Crippen LogP contribution in [0, 0.1) is 32.2 Å². The number of nitrogens with one attached hydrogen (secondary N) is 3. The summed E-state index contributed by atoms with van der Waals surface area (Å²) < 4.78 is 15.4. The number of aliphatic hydroxyl groups excluding tert-OH is 1. The monoisotopic (exact) mass is 568 g/mol. The number of hydrogen-bond acceptors (Lipinski definition) is 12. The zero-order valence-corrected chi connectivity index (χ0v) is 22.1. The molecule has 2 heterocycles. The standard InChI is InChI=1S/C13H16N4O4.C8H8N4O2.C2HBO2.CH4/c1-13(2,3)21-12(18)16-10-6-5-8(17(19)20)7-9(10)11(14-4)15-16;1-9-8-6-4-5(12(13)14)2-3-7(6)10-11-8;4-2-1-3-5;/h5-7H,1-4H3,(H,14,15);2-4H,1H3,(H2,9,10,11);4H;1H4. The average Bonchev–Trinajstić information content (AvgIpc) is 3.49. The van der Waals surface area contributed by atoms with Crippen LogP contribution in [0.4, 0.5) is 27.8 Å². The summed E-state index contributed by atoms with van der Waals surface area (Å²) in [6.07, 6.45) is 0.763. The van der Waals surface area contributed by atoms with Gasteiger partial charge >= 0.3 is 35.0 Å². The van der Waals surface area contributed by atoms with E-state index in [-0.39, 0.29) is 18.8 Å². The Labute approximate surface area is 234 Å². The van der Waals surface area contributed by atoms with E-state index in [2.05, 4.69) is 25.9 Å². The molecule has 0 fully saturated rings. The average molecular weight is 568 g/mol. The minimum atomic E-state index is -0.657. The first-order valence-electron chi connectivity index (χ1n) is 11.3. The number of fused-ring (bicyclic) bond motifs is 2. The molecule has 2 aromatic heterocycles. The number of anilines is 2. The second-order valence-electron chi connectivity index (χ2n) is 8.63. The molecule has 41 heavy (non-hydrogen) atoms. The van der Waals surface area contributed by atoms with Crippen molar-refractivity contribution in [1.29, 1.82) is 0 Å². The predicted octanol–water partition coefficient (Wildman–Crippen LogP) is 4.25. The normalized spacial score (nSPS) is 9.78. The van der Waals surface area contributed by atoms with Gasteiger partial charge in [-0.3, -0.25) is 25.3 Å². The van der Waals surface area contributed by atoms with Gasteiger partial charge in [-0.05, 0) is 32.9 Å². The van der Waals surface area contributed by atoms with Crippen LogP contribution >= 0.6 is 0 Å². The number of nitro benzene ring substituents is 2. The quantitative estimate of drug-likeness (QED) is 0.117. The van der Waals surface area contributed by atoms with Gasteiger partial charge in [0.1, 0.15) is 5.60 Å². The number of nitro groups is 2. The number of rotatable bonds is 4. The molecular weight excluding hydrogens is 539 g/mol. The van der Waals surface area contributed by atoms with E-state index >= 15 is 0 Å². The third-order valence-electron chi connectivity index (χ3n) is 4.80. The molecule has 0 radical (unpaired) electrons. The molecule has 0 atom stereocenters. The Morgan fingerprint density at radius 1 is 1.05 bits per heavy atom. The van der Waals surface area contributed by atoms with Crippen LogP contribution in [-0.2, 0) is 9.44 Å². The molecule has 0 amide bonds. The number of carbonyl (C=O) groups is 1. The van der Waals surface area contributed by atoms with Crippen molar-refractivity contribution in [3.8, 4) is 11.9 Å². The van der Waals surface area contributed by atoms with Crippen LogP contribution in [-0.4, -0.2) is 67.9 Å². The molecule has 0 spiro atoms. The van der Waals surface area contributed by atoms with Crippen LogP contribution in [0.3, 0.4) is 0 Å². The molecule has 0 aliphatic rings. The molecule has 0 unspecified atom stereocenters. The van der Waals surface area contributed by atoms with Gasteiger partial charge in [0.15, 0.2) is 11.6 Å². The maximum atomic E-state index is 12.1. The fourth-order valence-corrected chi connectivity index (χ4v) is 3.18. The minimum absolute atomic E-state index is 0. The van der Waals surface area contributed by atoms with E-state index < -0.39 is 21.5 Å². The number of ether oxygens (including phenoxy) is 1. The molecule has 4 aromatic rings. The number of aromatic nitrogens is 4. The number of carbonyl (C=O) groups excluding carboxylic acids is 1. The van der Waals surface area contributed by atoms with Gasteiger partial charge in [0, 0.05) is 38.4 Å². The molecule has 0 bridgehead atoms. The van der Waals surface area contributed by atoms with Crippen molar-refractivity contribution in [3.05, 3.63) is 56.6 Å².